The van der Waals surface area contributed by atoms with Gasteiger partial charge in [0, 0.05) is 43.2 Å². The summed E-state index contributed by atoms with van der Waals surface area (Å²) in [4.78, 5) is 24.4. The molecule has 6 nitrogen and oxygen atoms in total. The summed E-state index contributed by atoms with van der Waals surface area (Å²) >= 11 is 1.64. The van der Waals surface area contributed by atoms with Crippen molar-refractivity contribution in [2.45, 2.75) is 45.7 Å². The van der Waals surface area contributed by atoms with Gasteiger partial charge in [0.05, 0.1) is 34.7 Å². The monoisotopic (exact) mass is 359 g/mol. The van der Waals surface area contributed by atoms with Gasteiger partial charge in [-0.25, -0.2) is 9.97 Å². The van der Waals surface area contributed by atoms with E-state index in [4.69, 9.17) is 0 Å². The highest BCUT2D eigenvalue weighted by Crippen LogP contribution is 2.47. The number of aryl methyl sites for hydroxylation is 1. The number of hydrogen-bond acceptors (Lipinski definition) is 5. The molecule has 0 saturated carbocycles. The van der Waals surface area contributed by atoms with E-state index in [-0.39, 0.29) is 17.2 Å². The van der Waals surface area contributed by atoms with Gasteiger partial charge >= 0.3 is 0 Å². The number of hydrogen-bond donors (Lipinski definition) is 1. The van der Waals surface area contributed by atoms with Crippen molar-refractivity contribution in [3.8, 4) is 0 Å². The first-order chi connectivity index (χ1) is 12.0. The van der Waals surface area contributed by atoms with Crippen molar-refractivity contribution in [1.29, 1.82) is 0 Å². The van der Waals surface area contributed by atoms with Gasteiger partial charge in [0.1, 0.15) is 0 Å². The Balaban J connectivity index is 1.56. The first-order valence-electron chi connectivity index (χ1n) is 8.94. The van der Waals surface area contributed by atoms with Crippen molar-refractivity contribution in [1.82, 2.24) is 24.8 Å². The Morgan fingerprint density at radius 1 is 1.48 bits per heavy atom. The quantitative estimate of drug-likeness (QED) is 0.910. The maximum absolute atomic E-state index is 13.3. The molecule has 0 bridgehead atoms. The number of imidazole rings is 1. The van der Waals surface area contributed by atoms with Crippen LogP contribution in [-0.2, 0) is 11.3 Å². The fourth-order valence-electron chi connectivity index (χ4n) is 4.13. The van der Waals surface area contributed by atoms with Gasteiger partial charge in [-0.3, -0.25) is 4.79 Å². The van der Waals surface area contributed by atoms with Crippen molar-refractivity contribution >= 4 is 17.2 Å². The van der Waals surface area contributed by atoms with Gasteiger partial charge in [-0.2, -0.15) is 0 Å². The zero-order valence-corrected chi connectivity index (χ0v) is 15.8. The van der Waals surface area contributed by atoms with E-state index in [0.717, 1.165) is 42.5 Å². The molecule has 7 heteroatoms. The number of thiazole rings is 1. The normalized spacial score (nSPS) is 26.5. The standard InChI is InChI=1S/C18H25N5OS/c1-12(2)23-8-16(20-11-23)15-6-19-10-18(15)4-5-22(17(18)24)7-14-9-25-13(3)21-14/h8-9,11-12,15,19H,4-7,10H2,1-3H3/t15-,18-/m0/s1. The number of carbonyl (C=O) groups is 1. The Labute approximate surface area is 152 Å². The van der Waals surface area contributed by atoms with Crippen LogP contribution in [0.15, 0.2) is 17.9 Å². The first kappa shape index (κ1) is 16.7. The second-order valence-electron chi connectivity index (χ2n) is 7.51. The molecule has 2 saturated heterocycles. The van der Waals surface area contributed by atoms with Gasteiger partial charge in [-0.05, 0) is 27.2 Å². The fraction of sp³-hybridized carbons (Fsp3) is 0.611. The first-order valence-corrected chi connectivity index (χ1v) is 9.82. The van der Waals surface area contributed by atoms with E-state index in [1.165, 1.54) is 0 Å². The van der Waals surface area contributed by atoms with Crippen LogP contribution in [0.4, 0.5) is 0 Å². The lowest BCUT2D eigenvalue weighted by atomic mass is 9.75. The lowest BCUT2D eigenvalue weighted by Gasteiger charge is -2.27. The van der Waals surface area contributed by atoms with Crippen LogP contribution in [0.3, 0.4) is 0 Å². The van der Waals surface area contributed by atoms with E-state index in [9.17, 15) is 4.79 Å². The van der Waals surface area contributed by atoms with Crippen LogP contribution in [0.25, 0.3) is 0 Å². The van der Waals surface area contributed by atoms with E-state index in [1.54, 1.807) is 11.3 Å². The molecule has 2 aliphatic heterocycles. The summed E-state index contributed by atoms with van der Waals surface area (Å²) in [7, 11) is 0. The maximum Gasteiger partial charge on any atom is 0.231 e. The van der Waals surface area contributed by atoms with Crippen molar-refractivity contribution in [3.63, 3.8) is 0 Å². The van der Waals surface area contributed by atoms with Crippen LogP contribution in [0.1, 0.15) is 48.6 Å². The molecular formula is C18H25N5OS. The molecule has 2 aromatic rings. The van der Waals surface area contributed by atoms with Crippen LogP contribution in [-0.4, -0.2) is 45.0 Å². The minimum atomic E-state index is -0.346. The highest BCUT2D eigenvalue weighted by molar-refractivity contribution is 7.09. The summed E-state index contributed by atoms with van der Waals surface area (Å²) in [6.45, 7) is 9.29. The molecule has 4 heterocycles. The summed E-state index contributed by atoms with van der Waals surface area (Å²) in [6, 6.07) is 0.384. The molecule has 25 heavy (non-hydrogen) atoms. The summed E-state index contributed by atoms with van der Waals surface area (Å²) in [6.07, 6.45) is 4.90. The van der Waals surface area contributed by atoms with Gasteiger partial charge in [0.25, 0.3) is 0 Å². The van der Waals surface area contributed by atoms with Crippen molar-refractivity contribution in [2.24, 2.45) is 5.41 Å². The molecular weight excluding hydrogens is 334 g/mol. The average Bonchev–Trinajstić information content (AvgIpc) is 3.33. The van der Waals surface area contributed by atoms with E-state index >= 15 is 0 Å². The molecule has 1 spiro atoms. The van der Waals surface area contributed by atoms with E-state index < -0.39 is 0 Å². The molecule has 1 N–H and O–H groups in total. The van der Waals surface area contributed by atoms with E-state index in [0.29, 0.717) is 12.6 Å². The number of nitrogens with one attached hydrogen (secondary N) is 1. The van der Waals surface area contributed by atoms with Crippen molar-refractivity contribution in [2.75, 3.05) is 19.6 Å². The topological polar surface area (TPSA) is 63.1 Å². The molecule has 2 aromatic heterocycles. The predicted octanol–water partition coefficient (Wildman–Crippen LogP) is 2.33. The van der Waals surface area contributed by atoms with E-state index in [1.807, 2.05) is 18.2 Å². The molecule has 0 aromatic carbocycles. The number of likely N-dealkylation sites (tertiary alicyclic amines) is 1. The smallest absolute Gasteiger partial charge is 0.231 e. The third-order valence-corrected chi connectivity index (χ3v) is 6.41. The summed E-state index contributed by atoms with van der Waals surface area (Å²) in [5, 5.41) is 6.56. The third-order valence-electron chi connectivity index (χ3n) is 5.59. The molecule has 134 valence electrons. The molecule has 2 aliphatic rings. The van der Waals surface area contributed by atoms with Crippen LogP contribution in [0.2, 0.25) is 0 Å². The van der Waals surface area contributed by atoms with Crippen LogP contribution in [0, 0.1) is 12.3 Å². The zero-order valence-electron chi connectivity index (χ0n) is 15.0. The molecule has 0 radical (unpaired) electrons. The molecule has 1 amide bonds. The minimum absolute atomic E-state index is 0.155. The van der Waals surface area contributed by atoms with Crippen molar-refractivity contribution < 1.29 is 4.79 Å². The summed E-state index contributed by atoms with van der Waals surface area (Å²) in [5.74, 6) is 0.412. The average molecular weight is 359 g/mol. The van der Waals surface area contributed by atoms with Gasteiger partial charge < -0.3 is 14.8 Å². The Morgan fingerprint density at radius 2 is 2.32 bits per heavy atom. The fourth-order valence-corrected chi connectivity index (χ4v) is 4.74. The Kier molecular flexibility index (Phi) is 4.16. The SMILES string of the molecule is Cc1nc(CN2CC[C@@]3(CNC[C@H]3c3cn(C(C)C)cn3)C2=O)cs1. The molecule has 2 atom stereocenters. The second-order valence-corrected chi connectivity index (χ2v) is 8.58. The van der Waals surface area contributed by atoms with Gasteiger partial charge in [-0.15, -0.1) is 11.3 Å². The maximum atomic E-state index is 13.3. The molecule has 4 rings (SSSR count). The minimum Gasteiger partial charge on any atom is -0.336 e. The third kappa shape index (κ3) is 2.79. The van der Waals surface area contributed by atoms with Crippen LogP contribution in [0.5, 0.6) is 0 Å². The van der Waals surface area contributed by atoms with E-state index in [2.05, 4.69) is 45.3 Å². The highest BCUT2D eigenvalue weighted by atomic mass is 32.1. The predicted molar refractivity (Wildman–Crippen MR) is 97.5 cm³/mol. The summed E-state index contributed by atoms with van der Waals surface area (Å²) in [5.41, 5.74) is 1.69. The van der Waals surface area contributed by atoms with Gasteiger partial charge in [0.15, 0.2) is 0 Å². The van der Waals surface area contributed by atoms with Crippen molar-refractivity contribution in [3.05, 3.63) is 34.3 Å². The number of aromatic nitrogens is 3. The molecule has 2 fully saturated rings. The Hall–Kier alpha value is -1.73. The number of carbonyl (C=O) groups excluding carboxylic acids is 1. The molecule has 0 unspecified atom stereocenters. The summed E-state index contributed by atoms with van der Waals surface area (Å²) < 4.78 is 2.12. The van der Waals surface area contributed by atoms with Gasteiger partial charge in [0.2, 0.25) is 5.91 Å². The highest BCUT2D eigenvalue weighted by Gasteiger charge is 2.55. The number of rotatable bonds is 4. The Morgan fingerprint density at radius 3 is 3.00 bits per heavy atom. The number of amides is 1. The zero-order chi connectivity index (χ0) is 17.6. The second kappa shape index (κ2) is 6.21. The lowest BCUT2D eigenvalue weighted by molar-refractivity contribution is -0.136. The van der Waals surface area contributed by atoms with Crippen LogP contribution >= 0.6 is 11.3 Å². The van der Waals surface area contributed by atoms with Crippen LogP contribution < -0.4 is 5.32 Å². The van der Waals surface area contributed by atoms with Gasteiger partial charge in [-0.1, -0.05) is 0 Å². The Bertz CT molecular complexity index is 782. The largest absolute Gasteiger partial charge is 0.336 e. The lowest BCUT2D eigenvalue weighted by Crippen LogP contribution is -2.39. The number of nitrogens with zero attached hydrogens (tertiary/aromatic N) is 4. The molecule has 0 aliphatic carbocycles.